The molecule has 2 heteroatoms. The number of benzene rings is 2. The van der Waals surface area contributed by atoms with Gasteiger partial charge in [-0.15, -0.1) is 0 Å². The van der Waals surface area contributed by atoms with E-state index in [9.17, 15) is 0 Å². The first-order valence-corrected chi connectivity index (χ1v) is 7.52. The molecule has 2 nitrogen and oxygen atoms in total. The molecule has 1 N–H and O–H groups in total. The van der Waals surface area contributed by atoms with E-state index in [1.54, 1.807) is 0 Å². The number of aryl methyl sites for hydroxylation is 1. The van der Waals surface area contributed by atoms with Crippen molar-refractivity contribution >= 4 is 16.6 Å². The van der Waals surface area contributed by atoms with E-state index in [0.717, 1.165) is 18.5 Å². The molecule has 1 heterocycles. The summed E-state index contributed by atoms with van der Waals surface area (Å²) < 4.78 is 0. The van der Waals surface area contributed by atoms with Gasteiger partial charge in [-0.25, -0.2) is 0 Å². The maximum absolute atomic E-state index is 4.36. The lowest BCUT2D eigenvalue weighted by molar-refractivity contribution is 0.919. The molecule has 0 atom stereocenters. The zero-order valence-corrected chi connectivity index (χ0v) is 12.3. The van der Waals surface area contributed by atoms with E-state index in [1.165, 1.54) is 28.6 Å². The summed E-state index contributed by atoms with van der Waals surface area (Å²) >= 11 is 0. The number of nitrogens with zero attached hydrogens (tertiary/aromatic N) is 1. The van der Waals surface area contributed by atoms with Crippen molar-refractivity contribution in [3.63, 3.8) is 0 Å². The van der Waals surface area contributed by atoms with Crippen LogP contribution in [0.5, 0.6) is 0 Å². The monoisotopic (exact) mass is 276 g/mol. The van der Waals surface area contributed by atoms with Crippen LogP contribution in [0.1, 0.15) is 24.5 Å². The van der Waals surface area contributed by atoms with Gasteiger partial charge < -0.3 is 5.32 Å². The topological polar surface area (TPSA) is 24.9 Å². The maximum atomic E-state index is 4.36. The summed E-state index contributed by atoms with van der Waals surface area (Å²) in [5.74, 6) is 0. The Bertz CT molecular complexity index is 734. The first kappa shape index (κ1) is 13.6. The highest BCUT2D eigenvalue weighted by Crippen LogP contribution is 2.19. The predicted molar refractivity (Wildman–Crippen MR) is 89.5 cm³/mol. The molecule has 0 aliphatic carbocycles. The summed E-state index contributed by atoms with van der Waals surface area (Å²) in [5, 5.41) is 4.75. The van der Waals surface area contributed by atoms with Gasteiger partial charge in [0.25, 0.3) is 0 Å². The fraction of sp³-hybridized carbons (Fsp3) is 0.211. The van der Waals surface area contributed by atoms with Crippen molar-refractivity contribution in [3.8, 4) is 0 Å². The maximum Gasteiger partial charge on any atom is 0.0702 e. The van der Waals surface area contributed by atoms with Gasteiger partial charge in [-0.1, -0.05) is 43.7 Å². The molecule has 0 amide bonds. The lowest BCUT2D eigenvalue weighted by atomic mass is 10.1. The number of nitrogens with one attached hydrogen (secondary N) is 1. The summed E-state index contributed by atoms with van der Waals surface area (Å²) in [6.07, 6.45) is 4.12. The van der Waals surface area contributed by atoms with Gasteiger partial charge in [0.1, 0.15) is 0 Å². The van der Waals surface area contributed by atoms with Crippen molar-refractivity contribution in [2.75, 3.05) is 5.32 Å². The Hall–Kier alpha value is -2.35. The molecule has 0 fully saturated rings. The van der Waals surface area contributed by atoms with Crippen LogP contribution < -0.4 is 5.32 Å². The molecule has 3 rings (SSSR count). The Balaban J connectivity index is 1.77. The van der Waals surface area contributed by atoms with Crippen LogP contribution in [0, 0.1) is 0 Å². The van der Waals surface area contributed by atoms with E-state index in [-0.39, 0.29) is 0 Å². The molecule has 0 saturated heterocycles. The molecule has 2 aromatic carbocycles. The number of aromatic nitrogens is 1. The molecular weight excluding hydrogens is 256 g/mol. The Morgan fingerprint density at radius 3 is 2.81 bits per heavy atom. The van der Waals surface area contributed by atoms with Crippen molar-refractivity contribution in [1.82, 2.24) is 4.98 Å². The van der Waals surface area contributed by atoms with E-state index >= 15 is 0 Å². The quantitative estimate of drug-likeness (QED) is 0.724. The average Bonchev–Trinajstić information content (AvgIpc) is 2.54. The van der Waals surface area contributed by atoms with Crippen molar-refractivity contribution in [2.24, 2.45) is 0 Å². The van der Waals surface area contributed by atoms with Gasteiger partial charge in [0, 0.05) is 23.8 Å². The summed E-state index contributed by atoms with van der Waals surface area (Å²) in [6, 6.07) is 19.1. The number of pyridine rings is 1. The molecule has 0 unspecified atom stereocenters. The van der Waals surface area contributed by atoms with Crippen molar-refractivity contribution in [1.29, 1.82) is 0 Å². The highest BCUT2D eigenvalue weighted by molar-refractivity contribution is 5.79. The van der Waals surface area contributed by atoms with E-state index in [0.29, 0.717) is 0 Å². The Kier molecular flexibility index (Phi) is 4.15. The SMILES string of the molecule is CCCc1ccccc1NCc1ccc2ncccc2c1. The zero-order valence-electron chi connectivity index (χ0n) is 12.3. The normalized spacial score (nSPS) is 10.7. The second-order valence-electron chi connectivity index (χ2n) is 5.29. The smallest absolute Gasteiger partial charge is 0.0702 e. The van der Waals surface area contributed by atoms with E-state index in [4.69, 9.17) is 0 Å². The number of hydrogen-bond donors (Lipinski definition) is 1. The first-order valence-electron chi connectivity index (χ1n) is 7.52. The molecule has 21 heavy (non-hydrogen) atoms. The van der Waals surface area contributed by atoms with E-state index in [2.05, 4.69) is 65.8 Å². The highest BCUT2D eigenvalue weighted by Gasteiger charge is 2.01. The number of rotatable bonds is 5. The average molecular weight is 276 g/mol. The second kappa shape index (κ2) is 6.40. The van der Waals surface area contributed by atoms with Crippen LogP contribution in [0.15, 0.2) is 60.8 Å². The number of anilines is 1. The van der Waals surface area contributed by atoms with Crippen LogP contribution in [0.3, 0.4) is 0 Å². The van der Waals surface area contributed by atoms with Crippen LogP contribution in [0.2, 0.25) is 0 Å². The summed E-state index contributed by atoms with van der Waals surface area (Å²) in [5.41, 5.74) is 4.96. The summed E-state index contributed by atoms with van der Waals surface area (Å²) in [7, 11) is 0. The number of hydrogen-bond acceptors (Lipinski definition) is 2. The minimum absolute atomic E-state index is 0.839. The molecule has 106 valence electrons. The van der Waals surface area contributed by atoms with Gasteiger partial charge in [-0.2, -0.15) is 0 Å². The van der Waals surface area contributed by atoms with Crippen LogP contribution >= 0.6 is 0 Å². The largest absolute Gasteiger partial charge is 0.381 e. The minimum Gasteiger partial charge on any atom is -0.381 e. The molecular formula is C19H20N2. The van der Waals surface area contributed by atoms with Gasteiger partial charge in [-0.05, 0) is 41.8 Å². The van der Waals surface area contributed by atoms with Crippen LogP contribution in [0.25, 0.3) is 10.9 Å². The highest BCUT2D eigenvalue weighted by atomic mass is 14.9. The van der Waals surface area contributed by atoms with Crippen LogP contribution in [-0.4, -0.2) is 4.98 Å². The second-order valence-corrected chi connectivity index (χ2v) is 5.29. The minimum atomic E-state index is 0.839. The third-order valence-corrected chi connectivity index (χ3v) is 3.69. The van der Waals surface area contributed by atoms with Gasteiger partial charge in [0.2, 0.25) is 0 Å². The Morgan fingerprint density at radius 1 is 1.00 bits per heavy atom. The van der Waals surface area contributed by atoms with Gasteiger partial charge >= 0.3 is 0 Å². The predicted octanol–water partition coefficient (Wildman–Crippen LogP) is 4.80. The molecule has 0 saturated carbocycles. The van der Waals surface area contributed by atoms with E-state index < -0.39 is 0 Å². The van der Waals surface area contributed by atoms with E-state index in [1.807, 2.05) is 12.3 Å². The molecule has 0 aliphatic heterocycles. The van der Waals surface area contributed by atoms with Crippen molar-refractivity contribution < 1.29 is 0 Å². The van der Waals surface area contributed by atoms with Gasteiger partial charge in [0.05, 0.1) is 5.52 Å². The molecule has 3 aromatic rings. The molecule has 0 bridgehead atoms. The standard InChI is InChI=1S/C19H20N2/c1-2-6-16-7-3-4-9-18(16)21-14-15-10-11-19-17(13-15)8-5-12-20-19/h3-5,7-13,21H,2,6,14H2,1H3. The third kappa shape index (κ3) is 3.22. The lowest BCUT2D eigenvalue weighted by Crippen LogP contribution is -2.02. The van der Waals surface area contributed by atoms with Gasteiger partial charge in [-0.3, -0.25) is 4.98 Å². The number of fused-ring (bicyclic) bond motifs is 1. The van der Waals surface area contributed by atoms with Crippen molar-refractivity contribution in [2.45, 2.75) is 26.3 Å². The van der Waals surface area contributed by atoms with Crippen LogP contribution in [0.4, 0.5) is 5.69 Å². The fourth-order valence-electron chi connectivity index (χ4n) is 2.61. The Labute approximate surface area is 125 Å². The van der Waals surface area contributed by atoms with Gasteiger partial charge in [0.15, 0.2) is 0 Å². The molecule has 0 radical (unpaired) electrons. The van der Waals surface area contributed by atoms with Crippen molar-refractivity contribution in [3.05, 3.63) is 71.9 Å². The first-order chi connectivity index (χ1) is 10.4. The lowest BCUT2D eigenvalue weighted by Gasteiger charge is -2.12. The zero-order chi connectivity index (χ0) is 14.5. The third-order valence-electron chi connectivity index (χ3n) is 3.69. The molecule has 0 spiro atoms. The summed E-state index contributed by atoms with van der Waals surface area (Å²) in [6.45, 7) is 3.05. The molecule has 0 aliphatic rings. The Morgan fingerprint density at radius 2 is 1.90 bits per heavy atom. The molecule has 1 aromatic heterocycles. The summed E-state index contributed by atoms with van der Waals surface area (Å²) in [4.78, 5) is 4.36. The van der Waals surface area contributed by atoms with Crippen LogP contribution in [-0.2, 0) is 13.0 Å². The fourth-order valence-corrected chi connectivity index (χ4v) is 2.61. The number of para-hydroxylation sites is 1.